The summed E-state index contributed by atoms with van der Waals surface area (Å²) < 4.78 is 5.05. The van der Waals surface area contributed by atoms with Crippen LogP contribution in [0, 0.1) is 6.92 Å². The molecule has 0 saturated heterocycles. The highest BCUT2D eigenvalue weighted by molar-refractivity contribution is 7.80. The minimum absolute atomic E-state index is 0.308. The van der Waals surface area contributed by atoms with Crippen molar-refractivity contribution in [2.45, 2.75) is 46.6 Å². The summed E-state index contributed by atoms with van der Waals surface area (Å²) in [6.07, 6.45) is 2.16. The molecule has 0 aliphatic heterocycles. The van der Waals surface area contributed by atoms with Gasteiger partial charge in [0.25, 0.3) is 0 Å². The van der Waals surface area contributed by atoms with Gasteiger partial charge in [-0.15, -0.1) is 0 Å². The number of nitrogens with one attached hydrogen (secondary N) is 2. The van der Waals surface area contributed by atoms with Crippen LogP contribution in [0.15, 0.2) is 18.2 Å². The first kappa shape index (κ1) is 17.4. The molecule has 0 bridgehead atoms. The first-order valence-electron chi connectivity index (χ1n) is 7.33. The number of carbonyl (C=O) groups is 1. The molecule has 0 amide bonds. The van der Waals surface area contributed by atoms with E-state index in [2.05, 4.69) is 24.5 Å². The number of hydrogen-bond donors (Lipinski definition) is 2. The summed E-state index contributed by atoms with van der Waals surface area (Å²) in [5.41, 5.74) is 2.22. The quantitative estimate of drug-likeness (QED) is 0.620. The van der Waals surface area contributed by atoms with Gasteiger partial charge in [-0.1, -0.05) is 19.4 Å². The van der Waals surface area contributed by atoms with Crippen LogP contribution < -0.4 is 10.6 Å². The van der Waals surface area contributed by atoms with E-state index in [-0.39, 0.29) is 5.97 Å². The van der Waals surface area contributed by atoms with E-state index in [1.54, 1.807) is 13.0 Å². The first-order chi connectivity index (χ1) is 9.99. The van der Waals surface area contributed by atoms with Gasteiger partial charge < -0.3 is 15.4 Å². The molecule has 0 heterocycles. The van der Waals surface area contributed by atoms with Crippen molar-refractivity contribution in [2.24, 2.45) is 0 Å². The number of ether oxygens (including phenoxy) is 1. The van der Waals surface area contributed by atoms with E-state index in [4.69, 9.17) is 17.0 Å². The summed E-state index contributed by atoms with van der Waals surface area (Å²) in [5, 5.41) is 6.95. The Labute approximate surface area is 132 Å². The standard InChI is InChI=1S/C16H24N2O2S/c1-5-8-11(3)17-16(21)18-14-10-7-9-13(12(14)4)15(19)20-6-2/h7,9-11H,5-6,8H2,1-4H3,(H2,17,18,21)/t11-/m0/s1. The average Bonchev–Trinajstić information content (AvgIpc) is 2.41. The van der Waals surface area contributed by atoms with E-state index in [0.717, 1.165) is 24.1 Å². The Bertz CT molecular complexity index is 503. The fourth-order valence-electron chi connectivity index (χ4n) is 2.09. The maximum Gasteiger partial charge on any atom is 0.338 e. The Morgan fingerprint density at radius 2 is 2.10 bits per heavy atom. The van der Waals surface area contributed by atoms with Crippen molar-refractivity contribution in [3.05, 3.63) is 29.3 Å². The van der Waals surface area contributed by atoms with Gasteiger partial charge in [-0.05, 0) is 57.1 Å². The number of rotatable bonds is 6. The molecule has 0 unspecified atom stereocenters. The molecule has 1 rings (SSSR count). The molecule has 4 nitrogen and oxygen atoms in total. The van der Waals surface area contributed by atoms with Crippen LogP contribution in [0.25, 0.3) is 0 Å². The number of benzene rings is 1. The molecule has 0 spiro atoms. The molecule has 0 aliphatic carbocycles. The lowest BCUT2D eigenvalue weighted by Gasteiger charge is -2.18. The third-order valence-corrected chi connectivity index (χ3v) is 3.40. The van der Waals surface area contributed by atoms with Crippen molar-refractivity contribution in [1.82, 2.24) is 5.32 Å². The molecule has 2 N–H and O–H groups in total. The summed E-state index contributed by atoms with van der Waals surface area (Å²) >= 11 is 5.31. The Kier molecular flexibility index (Phi) is 7.15. The monoisotopic (exact) mass is 308 g/mol. The Morgan fingerprint density at radius 1 is 1.38 bits per heavy atom. The van der Waals surface area contributed by atoms with E-state index >= 15 is 0 Å². The van der Waals surface area contributed by atoms with Gasteiger partial charge in [0.15, 0.2) is 5.11 Å². The molecular weight excluding hydrogens is 284 g/mol. The molecule has 5 heteroatoms. The summed E-state index contributed by atoms with van der Waals surface area (Å²) in [4.78, 5) is 11.9. The fourth-order valence-corrected chi connectivity index (χ4v) is 2.40. The highest BCUT2D eigenvalue weighted by Crippen LogP contribution is 2.19. The third-order valence-electron chi connectivity index (χ3n) is 3.18. The molecule has 0 radical (unpaired) electrons. The van der Waals surface area contributed by atoms with Gasteiger partial charge in [0.1, 0.15) is 0 Å². The lowest BCUT2D eigenvalue weighted by molar-refractivity contribution is 0.0525. The fraction of sp³-hybridized carbons (Fsp3) is 0.500. The van der Waals surface area contributed by atoms with Crippen molar-refractivity contribution >= 4 is 29.0 Å². The zero-order valence-corrected chi connectivity index (χ0v) is 14.0. The Balaban J connectivity index is 2.78. The van der Waals surface area contributed by atoms with Gasteiger partial charge in [0.05, 0.1) is 12.2 Å². The lowest BCUT2D eigenvalue weighted by atomic mass is 10.1. The summed E-state index contributed by atoms with van der Waals surface area (Å²) in [7, 11) is 0. The van der Waals surface area contributed by atoms with E-state index in [0.29, 0.717) is 23.3 Å². The van der Waals surface area contributed by atoms with Gasteiger partial charge in [-0.25, -0.2) is 4.79 Å². The average molecular weight is 308 g/mol. The van der Waals surface area contributed by atoms with Crippen LogP contribution in [-0.4, -0.2) is 23.7 Å². The van der Waals surface area contributed by atoms with Crippen molar-refractivity contribution in [1.29, 1.82) is 0 Å². The largest absolute Gasteiger partial charge is 0.462 e. The molecule has 0 aromatic heterocycles. The van der Waals surface area contributed by atoms with Crippen LogP contribution in [0.2, 0.25) is 0 Å². The third kappa shape index (κ3) is 5.34. The highest BCUT2D eigenvalue weighted by atomic mass is 32.1. The van der Waals surface area contributed by atoms with Crippen molar-refractivity contribution in [3.63, 3.8) is 0 Å². The topological polar surface area (TPSA) is 50.4 Å². The zero-order chi connectivity index (χ0) is 15.8. The Morgan fingerprint density at radius 3 is 2.71 bits per heavy atom. The number of anilines is 1. The second-order valence-electron chi connectivity index (χ2n) is 4.99. The van der Waals surface area contributed by atoms with Gasteiger partial charge in [-0.3, -0.25) is 0 Å². The van der Waals surface area contributed by atoms with Crippen LogP contribution in [0.4, 0.5) is 5.69 Å². The Hall–Kier alpha value is -1.62. The van der Waals surface area contributed by atoms with E-state index in [1.165, 1.54) is 0 Å². The highest BCUT2D eigenvalue weighted by Gasteiger charge is 2.13. The number of thiocarbonyl (C=S) groups is 1. The molecule has 1 aromatic rings. The summed E-state index contributed by atoms with van der Waals surface area (Å²) in [5.74, 6) is -0.308. The zero-order valence-electron chi connectivity index (χ0n) is 13.2. The SMILES string of the molecule is CCC[C@H](C)NC(=S)Nc1cccc(C(=O)OCC)c1C. The van der Waals surface area contributed by atoms with Crippen LogP contribution in [0.1, 0.15) is 49.5 Å². The van der Waals surface area contributed by atoms with Gasteiger partial charge in [0, 0.05) is 11.7 Å². The number of esters is 1. The van der Waals surface area contributed by atoms with Crippen molar-refractivity contribution < 1.29 is 9.53 Å². The maximum atomic E-state index is 11.9. The maximum absolute atomic E-state index is 11.9. The second kappa shape index (κ2) is 8.62. The summed E-state index contributed by atoms with van der Waals surface area (Å²) in [6, 6.07) is 5.80. The molecule has 0 fully saturated rings. The predicted octanol–water partition coefficient (Wildman–Crippen LogP) is 3.65. The number of hydrogen-bond acceptors (Lipinski definition) is 3. The van der Waals surface area contributed by atoms with Gasteiger partial charge in [-0.2, -0.15) is 0 Å². The predicted molar refractivity (Wildman–Crippen MR) is 90.9 cm³/mol. The lowest BCUT2D eigenvalue weighted by Crippen LogP contribution is -2.36. The molecule has 0 saturated carbocycles. The molecule has 0 aliphatic rings. The van der Waals surface area contributed by atoms with Gasteiger partial charge in [0.2, 0.25) is 0 Å². The van der Waals surface area contributed by atoms with Crippen LogP contribution in [-0.2, 0) is 4.74 Å². The minimum atomic E-state index is -0.308. The van der Waals surface area contributed by atoms with E-state index in [1.807, 2.05) is 19.1 Å². The summed E-state index contributed by atoms with van der Waals surface area (Å²) in [6.45, 7) is 8.28. The number of carbonyl (C=O) groups excluding carboxylic acids is 1. The van der Waals surface area contributed by atoms with Crippen molar-refractivity contribution in [3.8, 4) is 0 Å². The van der Waals surface area contributed by atoms with Crippen LogP contribution >= 0.6 is 12.2 Å². The smallest absolute Gasteiger partial charge is 0.338 e. The van der Waals surface area contributed by atoms with Crippen LogP contribution in [0.5, 0.6) is 0 Å². The van der Waals surface area contributed by atoms with Crippen molar-refractivity contribution in [2.75, 3.05) is 11.9 Å². The van der Waals surface area contributed by atoms with Gasteiger partial charge >= 0.3 is 5.97 Å². The molecular formula is C16H24N2O2S. The molecule has 1 atom stereocenters. The first-order valence-corrected chi connectivity index (χ1v) is 7.74. The van der Waals surface area contributed by atoms with Crippen LogP contribution in [0.3, 0.4) is 0 Å². The molecule has 1 aromatic carbocycles. The minimum Gasteiger partial charge on any atom is -0.462 e. The van der Waals surface area contributed by atoms with E-state index in [9.17, 15) is 4.79 Å². The second-order valence-corrected chi connectivity index (χ2v) is 5.40. The molecule has 21 heavy (non-hydrogen) atoms. The molecule has 116 valence electrons. The normalized spacial score (nSPS) is 11.6. The van der Waals surface area contributed by atoms with E-state index < -0.39 is 0 Å².